The van der Waals surface area contributed by atoms with E-state index in [0.29, 0.717) is 41.6 Å². The number of aromatic nitrogens is 2. The fourth-order valence-electron chi connectivity index (χ4n) is 4.78. The Balaban J connectivity index is 1.58. The number of fused-ring (bicyclic) bond motifs is 3. The highest BCUT2D eigenvalue weighted by molar-refractivity contribution is 6.21. The standard InChI is InChI=1S/C25H23N3O5/c1-4-14-11-17-12-16(7-10-19(17)32-3)22(29)20-21(14)28(25(31)23(20)30)18-8-5-15(6-9-18)24-26-13(2)33-27-24/h5-10,12,14,21,30H,4,11H2,1-3H3. The lowest BCUT2D eigenvalue weighted by Gasteiger charge is -2.34. The maximum Gasteiger partial charge on any atom is 0.294 e. The van der Waals surface area contributed by atoms with Gasteiger partial charge in [0.2, 0.25) is 11.7 Å². The number of methoxy groups -OCH3 is 1. The number of carbonyl (C=O) groups excluding carboxylic acids is 2. The smallest absolute Gasteiger partial charge is 0.294 e. The zero-order valence-corrected chi connectivity index (χ0v) is 18.5. The quantitative estimate of drug-likeness (QED) is 0.646. The number of aryl methyl sites for hydroxylation is 1. The van der Waals surface area contributed by atoms with Gasteiger partial charge in [-0.1, -0.05) is 18.5 Å². The number of aliphatic hydroxyl groups excluding tert-OH is 1. The van der Waals surface area contributed by atoms with Gasteiger partial charge in [0.05, 0.1) is 18.7 Å². The maximum atomic E-state index is 13.4. The van der Waals surface area contributed by atoms with Crippen LogP contribution in [0.3, 0.4) is 0 Å². The van der Waals surface area contributed by atoms with Gasteiger partial charge in [-0.15, -0.1) is 0 Å². The van der Waals surface area contributed by atoms with Crippen LogP contribution in [0.2, 0.25) is 0 Å². The Bertz CT molecular complexity index is 1290. The Hall–Kier alpha value is -3.94. The summed E-state index contributed by atoms with van der Waals surface area (Å²) in [5, 5.41) is 14.7. The molecule has 2 bridgehead atoms. The van der Waals surface area contributed by atoms with Crippen LogP contribution in [0.4, 0.5) is 5.69 Å². The van der Waals surface area contributed by atoms with Crippen LogP contribution in [-0.4, -0.2) is 40.1 Å². The Kier molecular flexibility index (Phi) is 5.00. The van der Waals surface area contributed by atoms with Crippen molar-refractivity contribution in [2.75, 3.05) is 12.0 Å². The first-order valence-electron chi connectivity index (χ1n) is 10.8. The molecule has 2 heterocycles. The zero-order valence-electron chi connectivity index (χ0n) is 18.5. The summed E-state index contributed by atoms with van der Waals surface area (Å²) < 4.78 is 10.5. The lowest BCUT2D eigenvalue weighted by atomic mass is 9.80. The number of hydrogen-bond donors (Lipinski definition) is 1. The van der Waals surface area contributed by atoms with Crippen molar-refractivity contribution in [1.82, 2.24) is 10.1 Å². The van der Waals surface area contributed by atoms with Crippen molar-refractivity contribution in [2.24, 2.45) is 5.92 Å². The van der Waals surface area contributed by atoms with E-state index in [1.54, 1.807) is 56.5 Å². The first kappa shape index (κ1) is 20.9. The van der Waals surface area contributed by atoms with Crippen LogP contribution in [0.25, 0.3) is 11.4 Å². The lowest BCUT2D eigenvalue weighted by Crippen LogP contribution is -2.43. The number of anilines is 1. The van der Waals surface area contributed by atoms with E-state index < -0.39 is 17.7 Å². The van der Waals surface area contributed by atoms with E-state index in [0.717, 1.165) is 11.1 Å². The van der Waals surface area contributed by atoms with Crippen LogP contribution in [-0.2, 0) is 11.2 Å². The first-order chi connectivity index (χ1) is 15.9. The summed E-state index contributed by atoms with van der Waals surface area (Å²) in [6.07, 6.45) is 1.30. The number of carbonyl (C=O) groups is 2. The van der Waals surface area contributed by atoms with Crippen LogP contribution in [0.5, 0.6) is 5.75 Å². The summed E-state index contributed by atoms with van der Waals surface area (Å²) in [5.41, 5.74) is 2.82. The molecule has 2 aromatic carbocycles. The molecule has 0 radical (unpaired) electrons. The highest BCUT2D eigenvalue weighted by Crippen LogP contribution is 2.41. The molecule has 1 aromatic heterocycles. The average molecular weight is 445 g/mol. The highest BCUT2D eigenvalue weighted by Gasteiger charge is 2.47. The number of Topliss-reactive ketones (excluding diaryl/α,β-unsaturated/α-hetero) is 1. The third kappa shape index (κ3) is 3.29. The molecule has 1 amide bonds. The predicted octanol–water partition coefficient (Wildman–Crippen LogP) is 4.05. The van der Waals surface area contributed by atoms with Crippen LogP contribution in [0.15, 0.2) is 58.3 Å². The summed E-state index contributed by atoms with van der Waals surface area (Å²) >= 11 is 0. The molecule has 2 unspecified atom stereocenters. The van der Waals surface area contributed by atoms with Gasteiger partial charge in [0.25, 0.3) is 5.91 Å². The second-order valence-corrected chi connectivity index (χ2v) is 8.29. The number of rotatable bonds is 4. The van der Waals surface area contributed by atoms with Crippen LogP contribution < -0.4 is 9.64 Å². The molecule has 5 rings (SSSR count). The maximum absolute atomic E-state index is 13.4. The number of aliphatic hydroxyl groups is 1. The third-order valence-electron chi connectivity index (χ3n) is 6.42. The molecule has 1 aliphatic heterocycles. The zero-order chi connectivity index (χ0) is 23.3. The van der Waals surface area contributed by atoms with Crippen molar-refractivity contribution in [1.29, 1.82) is 0 Å². The van der Waals surface area contributed by atoms with E-state index in [1.807, 2.05) is 6.92 Å². The van der Waals surface area contributed by atoms with E-state index in [-0.39, 0.29) is 17.3 Å². The van der Waals surface area contributed by atoms with Crippen LogP contribution in [0.1, 0.15) is 35.2 Å². The molecular formula is C25H23N3O5. The molecule has 0 spiro atoms. The van der Waals surface area contributed by atoms with E-state index in [1.165, 1.54) is 4.90 Å². The molecule has 8 nitrogen and oxygen atoms in total. The molecule has 168 valence electrons. The number of amides is 1. The second-order valence-electron chi connectivity index (χ2n) is 8.29. The molecule has 8 heteroatoms. The van der Waals surface area contributed by atoms with E-state index in [4.69, 9.17) is 9.26 Å². The summed E-state index contributed by atoms with van der Waals surface area (Å²) in [7, 11) is 1.60. The minimum Gasteiger partial charge on any atom is -0.503 e. The Morgan fingerprint density at radius 2 is 1.88 bits per heavy atom. The fourth-order valence-corrected chi connectivity index (χ4v) is 4.78. The largest absolute Gasteiger partial charge is 0.503 e. The Morgan fingerprint density at radius 1 is 1.15 bits per heavy atom. The van der Waals surface area contributed by atoms with Crippen LogP contribution in [0, 0.1) is 12.8 Å². The molecule has 33 heavy (non-hydrogen) atoms. The molecule has 3 aromatic rings. The van der Waals surface area contributed by atoms with E-state index in [2.05, 4.69) is 10.1 Å². The van der Waals surface area contributed by atoms with Gasteiger partial charge >= 0.3 is 0 Å². The van der Waals surface area contributed by atoms with Crippen molar-refractivity contribution in [3.8, 4) is 17.1 Å². The predicted molar refractivity (Wildman–Crippen MR) is 120 cm³/mol. The SMILES string of the molecule is CCC1Cc2cc(ccc2OC)C(=O)C2=C(O)C(=O)N(c3ccc(-c4noc(C)n4)cc3)C21. The van der Waals surface area contributed by atoms with Crippen molar-refractivity contribution < 1.29 is 24.0 Å². The average Bonchev–Trinajstić information content (AvgIpc) is 3.37. The molecule has 0 saturated heterocycles. The number of ether oxygens (including phenoxy) is 1. The van der Waals surface area contributed by atoms with Gasteiger partial charge in [0.1, 0.15) is 5.75 Å². The minimum atomic E-state index is -0.587. The van der Waals surface area contributed by atoms with Crippen molar-refractivity contribution in [3.05, 3.63) is 70.8 Å². The Morgan fingerprint density at radius 3 is 2.52 bits per heavy atom. The summed E-state index contributed by atoms with van der Waals surface area (Å²) in [6.45, 7) is 3.73. The van der Waals surface area contributed by atoms with Gasteiger partial charge in [-0.2, -0.15) is 4.98 Å². The fraction of sp³-hybridized carbons (Fsp3) is 0.280. The van der Waals surface area contributed by atoms with E-state index in [9.17, 15) is 14.7 Å². The number of benzene rings is 2. The summed E-state index contributed by atoms with van der Waals surface area (Å²) in [5.74, 6) is 0.118. The van der Waals surface area contributed by atoms with Gasteiger partial charge in [0.15, 0.2) is 11.5 Å². The molecule has 0 fully saturated rings. The highest BCUT2D eigenvalue weighted by atomic mass is 16.5. The van der Waals surface area contributed by atoms with Gasteiger partial charge < -0.3 is 14.4 Å². The summed E-state index contributed by atoms with van der Waals surface area (Å²) in [6, 6.07) is 11.8. The van der Waals surface area contributed by atoms with Gasteiger partial charge in [-0.05, 0) is 60.4 Å². The van der Waals surface area contributed by atoms with E-state index >= 15 is 0 Å². The number of ketones is 1. The third-order valence-corrected chi connectivity index (χ3v) is 6.42. The molecule has 2 aliphatic rings. The van der Waals surface area contributed by atoms with Crippen molar-refractivity contribution in [3.63, 3.8) is 0 Å². The molecule has 2 atom stereocenters. The molecular weight excluding hydrogens is 422 g/mol. The van der Waals surface area contributed by atoms with Crippen molar-refractivity contribution >= 4 is 17.4 Å². The minimum absolute atomic E-state index is 0.0958. The number of nitrogens with zero attached hydrogens (tertiary/aromatic N) is 3. The number of hydrogen-bond acceptors (Lipinski definition) is 7. The lowest BCUT2D eigenvalue weighted by molar-refractivity contribution is -0.117. The van der Waals surface area contributed by atoms with Crippen molar-refractivity contribution in [2.45, 2.75) is 32.7 Å². The molecule has 1 aliphatic carbocycles. The topological polar surface area (TPSA) is 106 Å². The molecule has 0 saturated carbocycles. The second kappa shape index (κ2) is 7.88. The summed E-state index contributed by atoms with van der Waals surface area (Å²) in [4.78, 5) is 32.4. The van der Waals surface area contributed by atoms with Crippen LogP contribution >= 0.6 is 0 Å². The Labute approximate surface area is 190 Å². The first-order valence-corrected chi connectivity index (χ1v) is 10.8. The monoisotopic (exact) mass is 445 g/mol. The van der Waals surface area contributed by atoms with Gasteiger partial charge in [-0.3, -0.25) is 14.5 Å². The van der Waals surface area contributed by atoms with Gasteiger partial charge in [0, 0.05) is 23.7 Å². The molecule has 1 N–H and O–H groups in total. The van der Waals surface area contributed by atoms with Gasteiger partial charge in [-0.25, -0.2) is 0 Å². The normalized spacial score (nSPS) is 20.0.